The summed E-state index contributed by atoms with van der Waals surface area (Å²) in [7, 11) is 1.34. The van der Waals surface area contributed by atoms with Crippen molar-refractivity contribution in [3.63, 3.8) is 0 Å². The zero-order valence-corrected chi connectivity index (χ0v) is 14.7. The Morgan fingerprint density at radius 3 is 2.63 bits per heavy atom. The van der Waals surface area contributed by atoms with Crippen LogP contribution in [0.2, 0.25) is 0 Å². The zero-order valence-electron chi connectivity index (χ0n) is 14.7. The molecule has 0 fully saturated rings. The SMILES string of the molecule is COc1ccc([N+](=O)[O-])cc1C(=O)OCc1nnc(-c2cc(C)oc2C)o1. The van der Waals surface area contributed by atoms with Gasteiger partial charge in [0.25, 0.3) is 17.5 Å². The van der Waals surface area contributed by atoms with E-state index in [0.29, 0.717) is 17.1 Å². The maximum absolute atomic E-state index is 12.3. The summed E-state index contributed by atoms with van der Waals surface area (Å²) in [4.78, 5) is 22.6. The Labute approximate surface area is 152 Å². The maximum atomic E-state index is 12.3. The number of hydrogen-bond acceptors (Lipinski definition) is 9. The number of nitro groups is 1. The molecule has 0 unspecified atom stereocenters. The summed E-state index contributed by atoms with van der Waals surface area (Å²) in [5.41, 5.74) is 0.319. The summed E-state index contributed by atoms with van der Waals surface area (Å²) >= 11 is 0. The van der Waals surface area contributed by atoms with Crippen LogP contribution in [-0.2, 0) is 11.3 Å². The van der Waals surface area contributed by atoms with Gasteiger partial charge < -0.3 is 18.3 Å². The number of carbonyl (C=O) groups excluding carboxylic acids is 1. The van der Waals surface area contributed by atoms with Gasteiger partial charge in [0, 0.05) is 12.1 Å². The van der Waals surface area contributed by atoms with Gasteiger partial charge in [-0.15, -0.1) is 10.2 Å². The van der Waals surface area contributed by atoms with Crippen molar-refractivity contribution in [2.24, 2.45) is 0 Å². The molecular formula is C17H15N3O7. The second kappa shape index (κ2) is 7.28. The van der Waals surface area contributed by atoms with Gasteiger partial charge in [0.15, 0.2) is 6.61 Å². The second-order valence-electron chi connectivity index (χ2n) is 5.55. The average Bonchev–Trinajstić information content (AvgIpc) is 3.24. The predicted molar refractivity (Wildman–Crippen MR) is 90.2 cm³/mol. The van der Waals surface area contributed by atoms with Gasteiger partial charge in [-0.3, -0.25) is 10.1 Å². The van der Waals surface area contributed by atoms with E-state index in [1.165, 1.54) is 19.2 Å². The smallest absolute Gasteiger partial charge is 0.342 e. The van der Waals surface area contributed by atoms with Crippen molar-refractivity contribution in [2.45, 2.75) is 20.5 Å². The first-order valence-electron chi connectivity index (χ1n) is 7.78. The van der Waals surface area contributed by atoms with E-state index in [9.17, 15) is 14.9 Å². The molecule has 0 aliphatic heterocycles. The number of benzene rings is 1. The van der Waals surface area contributed by atoms with E-state index in [4.69, 9.17) is 18.3 Å². The highest BCUT2D eigenvalue weighted by Crippen LogP contribution is 2.27. The van der Waals surface area contributed by atoms with E-state index in [2.05, 4.69) is 10.2 Å². The number of ether oxygens (including phenoxy) is 2. The van der Waals surface area contributed by atoms with Gasteiger partial charge in [0.05, 0.1) is 17.6 Å². The Balaban J connectivity index is 1.74. The predicted octanol–water partition coefficient (Wildman–Crippen LogP) is 3.22. The van der Waals surface area contributed by atoms with Crippen molar-refractivity contribution in [1.29, 1.82) is 0 Å². The first-order chi connectivity index (χ1) is 12.9. The fourth-order valence-electron chi connectivity index (χ4n) is 2.44. The molecule has 0 atom stereocenters. The number of nitro benzene ring substituents is 1. The van der Waals surface area contributed by atoms with Gasteiger partial charge in [-0.25, -0.2) is 4.79 Å². The Morgan fingerprint density at radius 2 is 2.00 bits per heavy atom. The van der Waals surface area contributed by atoms with Crippen LogP contribution in [0.15, 0.2) is 33.1 Å². The molecule has 0 N–H and O–H groups in total. The summed E-state index contributed by atoms with van der Waals surface area (Å²) in [5, 5.41) is 18.6. The van der Waals surface area contributed by atoms with Gasteiger partial charge >= 0.3 is 5.97 Å². The summed E-state index contributed by atoms with van der Waals surface area (Å²) in [6.45, 7) is 3.26. The van der Waals surface area contributed by atoms with Crippen LogP contribution < -0.4 is 4.74 Å². The lowest BCUT2D eigenvalue weighted by Gasteiger charge is -2.07. The van der Waals surface area contributed by atoms with Crippen LogP contribution in [0.5, 0.6) is 5.75 Å². The number of non-ortho nitro benzene ring substituents is 1. The Morgan fingerprint density at radius 1 is 1.22 bits per heavy atom. The molecule has 3 aromatic rings. The Kier molecular flexibility index (Phi) is 4.88. The van der Waals surface area contributed by atoms with E-state index < -0.39 is 10.9 Å². The van der Waals surface area contributed by atoms with Crippen LogP contribution in [0, 0.1) is 24.0 Å². The molecule has 0 aliphatic carbocycles. The molecule has 0 saturated carbocycles. The maximum Gasteiger partial charge on any atom is 0.342 e. The number of nitrogens with zero attached hydrogens (tertiary/aromatic N) is 3. The molecule has 10 nitrogen and oxygen atoms in total. The second-order valence-corrected chi connectivity index (χ2v) is 5.55. The largest absolute Gasteiger partial charge is 0.496 e. The molecule has 0 bridgehead atoms. The normalized spacial score (nSPS) is 10.6. The summed E-state index contributed by atoms with van der Waals surface area (Å²) in [5.74, 6) is 0.976. The minimum atomic E-state index is -0.814. The van der Waals surface area contributed by atoms with Gasteiger partial charge in [0.1, 0.15) is 22.8 Å². The Hall–Kier alpha value is -3.69. The number of esters is 1. The first-order valence-corrected chi connectivity index (χ1v) is 7.78. The lowest BCUT2D eigenvalue weighted by molar-refractivity contribution is -0.384. The van der Waals surface area contributed by atoms with Crippen LogP contribution in [-0.4, -0.2) is 28.2 Å². The van der Waals surface area contributed by atoms with Crippen molar-refractivity contribution in [3.05, 3.63) is 57.4 Å². The standard InChI is InChI=1S/C17H15N3O7/c1-9-6-12(10(2)26-9)16-19-18-15(27-16)8-25-17(21)13-7-11(20(22)23)4-5-14(13)24-3/h4-7H,8H2,1-3H3. The number of rotatable bonds is 6. The van der Waals surface area contributed by atoms with Crippen molar-refractivity contribution in [1.82, 2.24) is 10.2 Å². The minimum absolute atomic E-state index is 0.0704. The van der Waals surface area contributed by atoms with Crippen molar-refractivity contribution in [3.8, 4) is 17.2 Å². The molecule has 0 saturated heterocycles. The molecule has 0 amide bonds. The van der Waals surface area contributed by atoms with Crippen LogP contribution in [0.3, 0.4) is 0 Å². The number of aryl methyl sites for hydroxylation is 2. The molecule has 0 aliphatic rings. The van der Waals surface area contributed by atoms with Crippen LogP contribution >= 0.6 is 0 Å². The number of carbonyl (C=O) groups is 1. The van der Waals surface area contributed by atoms with E-state index >= 15 is 0 Å². The highest BCUT2D eigenvalue weighted by Gasteiger charge is 2.20. The fraction of sp³-hybridized carbons (Fsp3) is 0.235. The number of methoxy groups -OCH3 is 1. The van der Waals surface area contributed by atoms with Gasteiger partial charge in [-0.05, 0) is 26.0 Å². The Bertz CT molecular complexity index is 1010. The highest BCUT2D eigenvalue weighted by molar-refractivity contribution is 5.93. The molecular weight excluding hydrogens is 358 g/mol. The van der Waals surface area contributed by atoms with Gasteiger partial charge in [-0.2, -0.15) is 0 Å². The van der Waals surface area contributed by atoms with Crippen molar-refractivity contribution < 1.29 is 28.0 Å². The first kappa shape index (κ1) is 18.1. The number of aromatic nitrogens is 2. The van der Waals surface area contributed by atoms with Crippen LogP contribution in [0.1, 0.15) is 27.8 Å². The number of hydrogen-bond donors (Lipinski definition) is 0. The molecule has 2 aromatic heterocycles. The van der Waals surface area contributed by atoms with E-state index in [1.54, 1.807) is 19.9 Å². The third-order valence-electron chi connectivity index (χ3n) is 3.68. The summed E-state index contributed by atoms with van der Waals surface area (Å²) in [6.07, 6.45) is 0. The van der Waals surface area contributed by atoms with E-state index in [-0.39, 0.29) is 35.4 Å². The highest BCUT2D eigenvalue weighted by atomic mass is 16.6. The van der Waals surface area contributed by atoms with Gasteiger partial charge in [-0.1, -0.05) is 0 Å². The summed E-state index contributed by atoms with van der Waals surface area (Å²) in [6, 6.07) is 5.39. The third kappa shape index (κ3) is 3.78. The van der Waals surface area contributed by atoms with E-state index in [1.807, 2.05) is 0 Å². The zero-order chi connectivity index (χ0) is 19.6. The molecule has 0 radical (unpaired) electrons. The quantitative estimate of drug-likeness (QED) is 0.363. The average molecular weight is 373 g/mol. The van der Waals surface area contributed by atoms with Crippen LogP contribution in [0.4, 0.5) is 5.69 Å². The molecule has 27 heavy (non-hydrogen) atoms. The minimum Gasteiger partial charge on any atom is -0.496 e. The van der Waals surface area contributed by atoms with Crippen LogP contribution in [0.25, 0.3) is 11.5 Å². The monoisotopic (exact) mass is 373 g/mol. The molecule has 10 heteroatoms. The lowest BCUT2D eigenvalue weighted by atomic mass is 10.2. The summed E-state index contributed by atoms with van der Waals surface area (Å²) < 4.78 is 21.0. The molecule has 2 heterocycles. The third-order valence-corrected chi connectivity index (χ3v) is 3.68. The molecule has 140 valence electrons. The topological polar surface area (TPSA) is 131 Å². The van der Waals surface area contributed by atoms with Gasteiger partial charge in [0.2, 0.25) is 0 Å². The molecule has 3 rings (SSSR count). The fourth-order valence-corrected chi connectivity index (χ4v) is 2.44. The lowest BCUT2D eigenvalue weighted by Crippen LogP contribution is -2.08. The van der Waals surface area contributed by atoms with Crippen molar-refractivity contribution >= 4 is 11.7 Å². The van der Waals surface area contributed by atoms with Crippen molar-refractivity contribution in [2.75, 3.05) is 7.11 Å². The molecule has 1 aromatic carbocycles. The van der Waals surface area contributed by atoms with E-state index in [0.717, 1.165) is 6.07 Å². The molecule has 0 spiro atoms. The number of furan rings is 1.